The van der Waals surface area contributed by atoms with Crippen molar-refractivity contribution in [3.63, 3.8) is 0 Å². The number of rotatable bonds is 7. The van der Waals surface area contributed by atoms with Crippen LogP contribution >= 0.6 is 0 Å². The van der Waals surface area contributed by atoms with Crippen molar-refractivity contribution in [2.24, 2.45) is 5.16 Å². The fraction of sp³-hybridized carbons (Fsp3) is 0.211. The first kappa shape index (κ1) is 19.2. The standard InChI is InChI=1S/C19H17FN2O6/c1-12(13-5-6-16-17(7-13)27-11-26-16)22-28-10-19(24)25-9-18(23)21-15-4-2-3-14(20)8-15/h2-8H,9-11H2,1H3,(H,21,23)/b22-12-. The van der Waals surface area contributed by atoms with E-state index in [0.29, 0.717) is 17.2 Å². The highest BCUT2D eigenvalue weighted by atomic mass is 19.1. The van der Waals surface area contributed by atoms with E-state index in [1.165, 1.54) is 18.2 Å². The smallest absolute Gasteiger partial charge is 0.347 e. The van der Waals surface area contributed by atoms with Gasteiger partial charge in [-0.1, -0.05) is 11.2 Å². The number of oxime groups is 1. The normalized spacial score (nSPS) is 12.4. The maximum Gasteiger partial charge on any atom is 0.347 e. The number of hydrogen-bond acceptors (Lipinski definition) is 7. The lowest BCUT2D eigenvalue weighted by molar-refractivity contribution is -0.151. The maximum atomic E-state index is 13.0. The molecule has 0 atom stereocenters. The summed E-state index contributed by atoms with van der Waals surface area (Å²) in [6.07, 6.45) is 0. The van der Waals surface area contributed by atoms with Crippen LogP contribution in [0.1, 0.15) is 12.5 Å². The summed E-state index contributed by atoms with van der Waals surface area (Å²) >= 11 is 0. The molecule has 1 amide bonds. The molecule has 0 bridgehead atoms. The molecule has 1 heterocycles. The lowest BCUT2D eigenvalue weighted by atomic mass is 10.1. The Kier molecular flexibility index (Phi) is 6.05. The number of hydrogen-bond donors (Lipinski definition) is 1. The van der Waals surface area contributed by atoms with Crippen molar-refractivity contribution in [1.29, 1.82) is 0 Å². The Balaban J connectivity index is 1.41. The molecular weight excluding hydrogens is 371 g/mol. The molecule has 1 aliphatic rings. The molecule has 2 aromatic carbocycles. The summed E-state index contributed by atoms with van der Waals surface area (Å²) in [6.45, 7) is 0.887. The van der Waals surface area contributed by atoms with Crippen LogP contribution in [0.15, 0.2) is 47.6 Å². The lowest BCUT2D eigenvalue weighted by Gasteiger charge is -2.07. The zero-order valence-corrected chi connectivity index (χ0v) is 14.9. The molecule has 9 heteroatoms. The van der Waals surface area contributed by atoms with Crippen molar-refractivity contribution in [2.45, 2.75) is 6.92 Å². The van der Waals surface area contributed by atoms with Crippen molar-refractivity contribution < 1.29 is 33.0 Å². The number of fused-ring (bicyclic) bond motifs is 1. The van der Waals surface area contributed by atoms with Gasteiger partial charge in [0, 0.05) is 11.3 Å². The molecule has 0 saturated heterocycles. The Bertz CT molecular complexity index is 915. The zero-order valence-electron chi connectivity index (χ0n) is 14.9. The Labute approximate surface area is 159 Å². The zero-order chi connectivity index (χ0) is 19.9. The summed E-state index contributed by atoms with van der Waals surface area (Å²) in [7, 11) is 0. The minimum absolute atomic E-state index is 0.171. The van der Waals surface area contributed by atoms with Crippen LogP contribution in [0.5, 0.6) is 11.5 Å². The number of amides is 1. The van der Waals surface area contributed by atoms with Crippen LogP contribution in [0, 0.1) is 5.82 Å². The van der Waals surface area contributed by atoms with E-state index >= 15 is 0 Å². The van der Waals surface area contributed by atoms with Gasteiger partial charge in [0.05, 0.1) is 5.71 Å². The molecule has 1 aliphatic heterocycles. The lowest BCUT2D eigenvalue weighted by Crippen LogP contribution is -2.22. The molecule has 3 rings (SSSR count). The summed E-state index contributed by atoms with van der Waals surface area (Å²) in [6, 6.07) is 10.6. The van der Waals surface area contributed by atoms with Crippen LogP contribution in [0.2, 0.25) is 0 Å². The second-order valence-electron chi connectivity index (χ2n) is 5.74. The largest absolute Gasteiger partial charge is 0.454 e. The van der Waals surface area contributed by atoms with Crippen LogP contribution in [0.3, 0.4) is 0 Å². The molecule has 0 saturated carbocycles. The van der Waals surface area contributed by atoms with Gasteiger partial charge in [-0.05, 0) is 43.3 Å². The van der Waals surface area contributed by atoms with Crippen molar-refractivity contribution in [2.75, 3.05) is 25.3 Å². The van der Waals surface area contributed by atoms with E-state index < -0.39 is 30.9 Å². The van der Waals surface area contributed by atoms with Gasteiger partial charge in [-0.15, -0.1) is 0 Å². The number of ether oxygens (including phenoxy) is 3. The molecule has 8 nitrogen and oxygen atoms in total. The van der Waals surface area contributed by atoms with E-state index in [1.54, 1.807) is 25.1 Å². The Morgan fingerprint density at radius 2 is 1.96 bits per heavy atom. The number of nitrogens with one attached hydrogen (secondary N) is 1. The van der Waals surface area contributed by atoms with Crippen LogP contribution in [-0.2, 0) is 19.2 Å². The van der Waals surface area contributed by atoms with Gasteiger partial charge in [-0.3, -0.25) is 4.79 Å². The predicted octanol–water partition coefficient (Wildman–Crippen LogP) is 2.48. The average Bonchev–Trinajstić information content (AvgIpc) is 3.14. The van der Waals surface area contributed by atoms with Crippen molar-refractivity contribution in [3.05, 3.63) is 53.8 Å². The summed E-state index contributed by atoms with van der Waals surface area (Å²) in [5.74, 6) is -0.595. The Hall–Kier alpha value is -3.62. The third-order valence-corrected chi connectivity index (χ3v) is 3.65. The summed E-state index contributed by atoms with van der Waals surface area (Å²) in [5, 5.41) is 6.25. The Morgan fingerprint density at radius 1 is 1.14 bits per heavy atom. The highest BCUT2D eigenvalue weighted by Gasteiger charge is 2.14. The van der Waals surface area contributed by atoms with Gasteiger partial charge >= 0.3 is 5.97 Å². The van der Waals surface area contributed by atoms with Gasteiger partial charge in [0.15, 0.2) is 18.1 Å². The van der Waals surface area contributed by atoms with Gasteiger partial charge in [-0.25, -0.2) is 9.18 Å². The number of benzene rings is 2. The molecule has 28 heavy (non-hydrogen) atoms. The van der Waals surface area contributed by atoms with Crippen molar-refractivity contribution in [3.8, 4) is 11.5 Å². The van der Waals surface area contributed by atoms with Crippen LogP contribution in [0.4, 0.5) is 10.1 Å². The molecule has 0 unspecified atom stereocenters. The fourth-order valence-electron chi connectivity index (χ4n) is 2.31. The van der Waals surface area contributed by atoms with Gasteiger partial charge in [-0.2, -0.15) is 0 Å². The average molecular weight is 388 g/mol. The van der Waals surface area contributed by atoms with E-state index in [4.69, 9.17) is 19.0 Å². The minimum atomic E-state index is -0.767. The molecule has 1 N–H and O–H groups in total. The number of carbonyl (C=O) groups is 2. The molecule has 146 valence electrons. The first-order chi connectivity index (χ1) is 13.5. The number of esters is 1. The molecule has 0 fully saturated rings. The first-order valence-electron chi connectivity index (χ1n) is 8.29. The third kappa shape index (κ3) is 5.19. The first-order valence-corrected chi connectivity index (χ1v) is 8.29. The molecule has 0 radical (unpaired) electrons. The SMILES string of the molecule is C/C(=N/OCC(=O)OCC(=O)Nc1cccc(F)c1)c1ccc2c(c1)OCO2. The van der Waals surface area contributed by atoms with Gasteiger partial charge in [0.25, 0.3) is 5.91 Å². The topological polar surface area (TPSA) is 95.5 Å². The highest BCUT2D eigenvalue weighted by molar-refractivity contribution is 5.99. The predicted molar refractivity (Wildman–Crippen MR) is 96.7 cm³/mol. The van der Waals surface area contributed by atoms with E-state index in [2.05, 4.69) is 10.5 Å². The molecule has 2 aromatic rings. The quantitative estimate of drug-likeness (QED) is 0.445. The summed E-state index contributed by atoms with van der Waals surface area (Å²) in [5.41, 5.74) is 1.53. The van der Waals surface area contributed by atoms with Crippen LogP contribution < -0.4 is 14.8 Å². The Morgan fingerprint density at radius 3 is 2.79 bits per heavy atom. The maximum absolute atomic E-state index is 13.0. The molecule has 0 aromatic heterocycles. The van der Waals surface area contributed by atoms with Crippen molar-refractivity contribution >= 4 is 23.3 Å². The van der Waals surface area contributed by atoms with Gasteiger partial charge < -0.3 is 24.4 Å². The molecular formula is C19H17FN2O6. The minimum Gasteiger partial charge on any atom is -0.454 e. The number of carbonyl (C=O) groups excluding carboxylic acids is 2. The third-order valence-electron chi connectivity index (χ3n) is 3.65. The van der Waals surface area contributed by atoms with E-state index in [9.17, 15) is 14.0 Å². The molecule has 0 spiro atoms. The summed E-state index contributed by atoms with van der Waals surface area (Å²) < 4.78 is 28.3. The van der Waals surface area contributed by atoms with E-state index in [0.717, 1.165) is 11.6 Å². The number of halogens is 1. The highest BCUT2D eigenvalue weighted by Crippen LogP contribution is 2.32. The molecule has 0 aliphatic carbocycles. The van der Waals surface area contributed by atoms with Crippen LogP contribution in [0.25, 0.3) is 0 Å². The second kappa shape index (κ2) is 8.85. The van der Waals surface area contributed by atoms with E-state index in [-0.39, 0.29) is 12.5 Å². The monoisotopic (exact) mass is 388 g/mol. The van der Waals surface area contributed by atoms with Gasteiger partial charge in [0.2, 0.25) is 13.4 Å². The number of anilines is 1. The van der Waals surface area contributed by atoms with E-state index in [1.807, 2.05) is 0 Å². The second-order valence-corrected chi connectivity index (χ2v) is 5.74. The van der Waals surface area contributed by atoms with Crippen molar-refractivity contribution in [1.82, 2.24) is 0 Å². The van der Waals surface area contributed by atoms with Crippen LogP contribution in [-0.4, -0.2) is 37.6 Å². The van der Waals surface area contributed by atoms with Gasteiger partial charge in [0.1, 0.15) is 5.82 Å². The fourth-order valence-corrected chi connectivity index (χ4v) is 2.31. The number of nitrogens with zero attached hydrogens (tertiary/aromatic N) is 1. The summed E-state index contributed by atoms with van der Waals surface area (Å²) in [4.78, 5) is 28.3.